The molecular weight excluding hydrogens is 788 g/mol. The summed E-state index contributed by atoms with van der Waals surface area (Å²) in [6, 6.07) is 6.16. The normalized spacial score (nSPS) is 11.2. The summed E-state index contributed by atoms with van der Waals surface area (Å²) in [5.74, 6) is -3.05. The van der Waals surface area contributed by atoms with Crippen LogP contribution in [0.5, 0.6) is 0 Å². The Kier molecular flexibility index (Phi) is 14.9. The maximum Gasteiger partial charge on any atom is 2.00 e. The molecule has 0 aliphatic heterocycles. The van der Waals surface area contributed by atoms with Crippen molar-refractivity contribution < 1.29 is 48.7 Å². The molecule has 12 heteroatoms. The van der Waals surface area contributed by atoms with Gasteiger partial charge >= 0.3 is 31.1 Å². The SMILES string of the molecule is C=C(N/C=C\C(C)CC)c1ncn2c(F)c(-c3c(F)ccc(NSc4[c-]ncc(F)c4)c3F)ccc12.CCl.[CH3-].[U+2]. The number of anilines is 1. The summed E-state index contributed by atoms with van der Waals surface area (Å²) in [6.45, 7) is 8.09. The van der Waals surface area contributed by atoms with E-state index in [1.165, 1.54) is 30.9 Å². The van der Waals surface area contributed by atoms with Crippen molar-refractivity contribution >= 4 is 40.4 Å². The number of rotatable bonds is 9. The predicted molar refractivity (Wildman–Crippen MR) is 152 cm³/mol. The van der Waals surface area contributed by atoms with Gasteiger partial charge in [0.2, 0.25) is 5.95 Å². The van der Waals surface area contributed by atoms with Crippen molar-refractivity contribution in [2.24, 2.45) is 5.92 Å². The number of imidazole rings is 1. The minimum absolute atomic E-state index is 0. The molecule has 0 spiro atoms. The summed E-state index contributed by atoms with van der Waals surface area (Å²) < 4.78 is 62.6. The Balaban J connectivity index is 0.00000196. The Labute approximate surface area is 265 Å². The predicted octanol–water partition coefficient (Wildman–Crippen LogP) is 8.30. The van der Waals surface area contributed by atoms with Crippen LogP contribution in [0, 0.1) is 74.1 Å². The summed E-state index contributed by atoms with van der Waals surface area (Å²) in [4.78, 5) is 8.08. The second kappa shape index (κ2) is 16.7. The Morgan fingerprint density at radius 2 is 1.93 bits per heavy atom. The fraction of sp³-hybridized carbons (Fsp3) is 0.179. The fourth-order valence-corrected chi connectivity index (χ4v) is 4.01. The zero-order valence-electron chi connectivity index (χ0n) is 22.3. The molecule has 3 aromatic heterocycles. The average molecular weight is 816 g/mol. The van der Waals surface area contributed by atoms with Gasteiger partial charge in [-0.05, 0) is 48.3 Å². The van der Waals surface area contributed by atoms with Gasteiger partial charge < -0.3 is 22.4 Å². The molecule has 0 aliphatic carbocycles. The van der Waals surface area contributed by atoms with Crippen LogP contribution >= 0.6 is 23.5 Å². The smallest absolute Gasteiger partial charge is 0.390 e. The van der Waals surface area contributed by atoms with Crippen LogP contribution in [0.15, 0.2) is 66.6 Å². The number of nitrogens with one attached hydrogen (secondary N) is 2. The molecule has 0 amide bonds. The molecule has 1 atom stereocenters. The van der Waals surface area contributed by atoms with Crippen molar-refractivity contribution in [2.75, 3.05) is 11.1 Å². The van der Waals surface area contributed by atoms with Crippen LogP contribution in [0.1, 0.15) is 26.0 Å². The summed E-state index contributed by atoms with van der Waals surface area (Å²) >= 11 is 5.47. The second-order valence-corrected chi connectivity index (χ2v) is 8.85. The molecule has 5 nitrogen and oxygen atoms in total. The van der Waals surface area contributed by atoms with E-state index in [9.17, 15) is 8.78 Å². The summed E-state index contributed by atoms with van der Waals surface area (Å²) in [7, 11) is 0. The molecule has 3 heterocycles. The minimum Gasteiger partial charge on any atom is -0.390 e. The Bertz CT molecular complexity index is 1460. The van der Waals surface area contributed by atoms with E-state index in [1.807, 2.05) is 6.08 Å². The minimum atomic E-state index is -1.01. The van der Waals surface area contributed by atoms with Crippen LogP contribution in [0.2, 0.25) is 0 Å². The first-order chi connectivity index (χ1) is 18.3. The largest absolute Gasteiger partial charge is 2.00 e. The van der Waals surface area contributed by atoms with Crippen molar-refractivity contribution in [1.29, 1.82) is 0 Å². The number of halogens is 5. The van der Waals surface area contributed by atoms with Crippen molar-refractivity contribution in [1.82, 2.24) is 19.7 Å². The molecule has 1 aromatic carbocycles. The number of aromatic nitrogens is 3. The van der Waals surface area contributed by atoms with E-state index < -0.39 is 29.0 Å². The van der Waals surface area contributed by atoms with Crippen molar-refractivity contribution in [3.05, 3.63) is 104 Å². The molecule has 40 heavy (non-hydrogen) atoms. The first-order valence-electron chi connectivity index (χ1n) is 11.4. The molecule has 0 radical (unpaired) electrons. The van der Waals surface area contributed by atoms with Gasteiger partial charge in [0.1, 0.15) is 17.8 Å². The third-order valence-electron chi connectivity index (χ3n) is 5.52. The number of hydrogen-bond acceptors (Lipinski definition) is 5. The third kappa shape index (κ3) is 8.29. The van der Waals surface area contributed by atoms with Crippen molar-refractivity contribution in [3.63, 3.8) is 0 Å². The van der Waals surface area contributed by atoms with Crippen LogP contribution in [0.3, 0.4) is 0 Å². The zero-order chi connectivity index (χ0) is 27.8. The standard InChI is InChI=1S/C26H22F4N5S.CH3Cl.CH3.U/c1-4-15(2)9-10-32-16(3)25-22-8-5-19(26(30)35(22)14-33-25)23-20(28)6-7-21(24(23)29)34-36-18-11-17(27)12-31-13-18;1-2;;/h5-12,14-15,32,34H,3-4H2,1-2H3;1H3;1H3;/q-1;;-1;+2/b10-9-;;;. The third-order valence-corrected chi connectivity index (χ3v) is 6.27. The number of alkyl halides is 1. The maximum absolute atomic E-state index is 15.5. The van der Waals surface area contributed by atoms with Gasteiger partial charge in [-0.25, -0.2) is 18.2 Å². The summed E-state index contributed by atoms with van der Waals surface area (Å²) in [5.41, 5.74) is 0.279. The van der Waals surface area contributed by atoms with Crippen LogP contribution in [-0.4, -0.2) is 20.8 Å². The van der Waals surface area contributed by atoms with Gasteiger partial charge in [-0.3, -0.25) is 4.40 Å². The van der Waals surface area contributed by atoms with E-state index in [0.717, 1.165) is 41.1 Å². The molecule has 0 bridgehead atoms. The molecule has 0 fully saturated rings. The second-order valence-electron chi connectivity index (χ2n) is 8.01. The monoisotopic (exact) mass is 815 g/mol. The van der Waals surface area contributed by atoms with E-state index in [4.69, 9.17) is 0 Å². The quantitative estimate of drug-likeness (QED) is 0.0586. The average Bonchev–Trinajstić information content (AvgIpc) is 3.35. The number of fused-ring (bicyclic) bond motifs is 1. The van der Waals surface area contributed by atoms with Gasteiger partial charge in [0, 0.05) is 17.8 Å². The Hall–Kier alpha value is -2.45. The van der Waals surface area contributed by atoms with Crippen molar-refractivity contribution in [3.8, 4) is 11.1 Å². The molecule has 0 aliphatic rings. The van der Waals surface area contributed by atoms with Gasteiger partial charge in [0.05, 0.1) is 22.5 Å². The number of hydrogen-bond donors (Lipinski definition) is 2. The molecule has 0 saturated heterocycles. The van der Waals surface area contributed by atoms with Crippen molar-refractivity contribution in [2.45, 2.75) is 25.2 Å². The topological polar surface area (TPSA) is 54.2 Å². The Morgan fingerprint density at radius 1 is 1.20 bits per heavy atom. The van der Waals surface area contributed by atoms with Crippen LogP contribution in [-0.2, 0) is 0 Å². The van der Waals surface area contributed by atoms with Crippen LogP contribution in [0.4, 0.5) is 23.2 Å². The molecule has 2 N–H and O–H groups in total. The molecule has 1 unspecified atom stereocenters. The van der Waals surface area contributed by atoms with Gasteiger partial charge in [-0.15, -0.1) is 17.7 Å². The number of benzene rings is 1. The first-order valence-corrected chi connectivity index (χ1v) is 13.0. The molecule has 4 aromatic rings. The number of nitrogens with zero attached hydrogens (tertiary/aromatic N) is 3. The molecule has 210 valence electrons. The van der Waals surface area contributed by atoms with E-state index in [2.05, 4.69) is 58.2 Å². The molecule has 4 rings (SSSR count). The van der Waals surface area contributed by atoms with Gasteiger partial charge in [0.25, 0.3) is 0 Å². The van der Waals surface area contributed by atoms with E-state index in [0.29, 0.717) is 22.8 Å². The van der Waals surface area contributed by atoms with Gasteiger partial charge in [-0.2, -0.15) is 4.39 Å². The Morgan fingerprint density at radius 3 is 2.60 bits per heavy atom. The van der Waals surface area contributed by atoms with E-state index in [1.54, 1.807) is 6.20 Å². The molecule has 0 saturated carbocycles. The number of allylic oxidation sites excluding steroid dienone is 1. The summed E-state index contributed by atoms with van der Waals surface area (Å²) in [6.07, 6.45) is 10.9. The summed E-state index contributed by atoms with van der Waals surface area (Å²) in [5, 5.41) is 3.03. The van der Waals surface area contributed by atoms with Crippen LogP contribution < -0.4 is 10.0 Å². The van der Waals surface area contributed by atoms with E-state index >= 15 is 8.78 Å². The van der Waals surface area contributed by atoms with Gasteiger partial charge in [0.15, 0.2) is 5.82 Å². The maximum atomic E-state index is 15.5. The van der Waals surface area contributed by atoms with Gasteiger partial charge in [-0.1, -0.05) is 50.2 Å². The zero-order valence-corrected chi connectivity index (χ0v) is 28.1. The van der Waals surface area contributed by atoms with Crippen LogP contribution in [0.25, 0.3) is 22.3 Å². The number of pyridine rings is 2. The molecular formula is C28H28ClF4N5SU. The van der Waals surface area contributed by atoms with E-state index in [-0.39, 0.29) is 54.7 Å². The fourth-order valence-electron chi connectivity index (χ4n) is 3.36. The first kappa shape index (κ1) is 35.6.